The van der Waals surface area contributed by atoms with E-state index in [0.717, 1.165) is 18.5 Å². The van der Waals surface area contributed by atoms with Gasteiger partial charge in [0.25, 0.3) is 5.91 Å². The van der Waals surface area contributed by atoms with Crippen LogP contribution in [0.25, 0.3) is 0 Å². The third-order valence-electron chi connectivity index (χ3n) is 5.51. The fraction of sp³-hybridized carbons (Fsp3) is 0.375. The van der Waals surface area contributed by atoms with Crippen LogP contribution in [-0.2, 0) is 16.0 Å². The summed E-state index contributed by atoms with van der Waals surface area (Å²) in [7, 11) is 4.36. The van der Waals surface area contributed by atoms with Crippen LogP contribution in [0.3, 0.4) is 0 Å². The Kier molecular flexibility index (Phi) is 7.76. The van der Waals surface area contributed by atoms with Crippen molar-refractivity contribution in [1.82, 2.24) is 10.9 Å². The molecule has 1 saturated heterocycles. The predicted molar refractivity (Wildman–Crippen MR) is 123 cm³/mol. The van der Waals surface area contributed by atoms with Crippen molar-refractivity contribution in [2.45, 2.75) is 26.2 Å². The molecule has 0 saturated carbocycles. The van der Waals surface area contributed by atoms with Crippen LogP contribution in [0, 0.1) is 5.92 Å². The number of benzene rings is 2. The summed E-state index contributed by atoms with van der Waals surface area (Å²) in [6.07, 6.45) is 2.10. The Hall–Kier alpha value is -3.75. The van der Waals surface area contributed by atoms with Gasteiger partial charge in [0.2, 0.25) is 17.6 Å². The molecule has 1 aliphatic rings. The van der Waals surface area contributed by atoms with Gasteiger partial charge in [0.15, 0.2) is 11.5 Å². The monoisotopic (exact) mass is 455 g/mol. The second-order valence-corrected chi connectivity index (χ2v) is 7.68. The molecule has 1 fully saturated rings. The molecule has 1 heterocycles. The highest BCUT2D eigenvalue weighted by molar-refractivity contribution is 6.01. The number of amides is 3. The van der Waals surface area contributed by atoms with Crippen LogP contribution in [0.15, 0.2) is 36.4 Å². The smallest absolute Gasteiger partial charge is 0.269 e. The van der Waals surface area contributed by atoms with Crippen LogP contribution in [0.5, 0.6) is 17.2 Å². The Morgan fingerprint density at radius 1 is 1.00 bits per heavy atom. The molecule has 33 heavy (non-hydrogen) atoms. The van der Waals surface area contributed by atoms with Crippen LogP contribution in [0.1, 0.15) is 35.7 Å². The van der Waals surface area contributed by atoms with E-state index in [1.54, 1.807) is 4.90 Å². The number of hydrogen-bond acceptors (Lipinski definition) is 6. The Morgan fingerprint density at radius 2 is 1.64 bits per heavy atom. The lowest BCUT2D eigenvalue weighted by atomic mass is 10.1. The minimum Gasteiger partial charge on any atom is -0.493 e. The van der Waals surface area contributed by atoms with Crippen molar-refractivity contribution in [2.24, 2.45) is 5.92 Å². The molecule has 0 aliphatic carbocycles. The van der Waals surface area contributed by atoms with Gasteiger partial charge in [-0.05, 0) is 36.2 Å². The maximum Gasteiger partial charge on any atom is 0.269 e. The first-order valence-electron chi connectivity index (χ1n) is 10.7. The van der Waals surface area contributed by atoms with Crippen LogP contribution in [0.2, 0.25) is 0 Å². The molecule has 0 bridgehead atoms. The number of carbonyl (C=O) groups is 3. The Bertz CT molecular complexity index is 996. The Morgan fingerprint density at radius 3 is 2.18 bits per heavy atom. The number of nitrogens with zero attached hydrogens (tertiary/aromatic N) is 1. The maximum atomic E-state index is 12.6. The van der Waals surface area contributed by atoms with Crippen LogP contribution < -0.4 is 30.0 Å². The Balaban J connectivity index is 1.62. The first-order chi connectivity index (χ1) is 15.9. The van der Waals surface area contributed by atoms with Gasteiger partial charge in [-0.15, -0.1) is 0 Å². The minimum atomic E-state index is -0.576. The number of nitrogens with one attached hydrogen (secondary N) is 2. The number of carbonyl (C=O) groups excluding carboxylic acids is 3. The number of anilines is 1. The Labute approximate surface area is 193 Å². The van der Waals surface area contributed by atoms with E-state index in [1.165, 1.54) is 39.0 Å². The summed E-state index contributed by atoms with van der Waals surface area (Å²) in [5, 5.41) is 0. The maximum absolute atomic E-state index is 12.6. The highest BCUT2D eigenvalue weighted by atomic mass is 16.5. The van der Waals surface area contributed by atoms with Crippen molar-refractivity contribution in [3.63, 3.8) is 0 Å². The summed E-state index contributed by atoms with van der Waals surface area (Å²) in [6, 6.07) is 10.7. The van der Waals surface area contributed by atoms with Crippen molar-refractivity contribution in [3.8, 4) is 17.2 Å². The largest absolute Gasteiger partial charge is 0.493 e. The van der Waals surface area contributed by atoms with Gasteiger partial charge >= 0.3 is 0 Å². The topological polar surface area (TPSA) is 106 Å². The fourth-order valence-electron chi connectivity index (χ4n) is 3.77. The molecule has 9 nitrogen and oxygen atoms in total. The molecule has 1 unspecified atom stereocenters. The summed E-state index contributed by atoms with van der Waals surface area (Å²) in [5.41, 5.74) is 6.98. The molecule has 2 aromatic rings. The summed E-state index contributed by atoms with van der Waals surface area (Å²) in [5.74, 6) is -0.717. The predicted octanol–water partition coefficient (Wildman–Crippen LogP) is 2.48. The molecule has 1 aliphatic heterocycles. The van der Waals surface area contributed by atoms with Crippen LogP contribution >= 0.6 is 0 Å². The highest BCUT2D eigenvalue weighted by Crippen LogP contribution is 2.38. The molecular formula is C24H29N3O6. The first kappa shape index (κ1) is 23.9. The van der Waals surface area contributed by atoms with Gasteiger partial charge < -0.3 is 19.1 Å². The lowest BCUT2D eigenvalue weighted by molar-refractivity contribution is -0.126. The number of hydrazine groups is 1. The molecular weight excluding hydrogens is 426 g/mol. The van der Waals surface area contributed by atoms with Gasteiger partial charge in [-0.25, -0.2) is 0 Å². The van der Waals surface area contributed by atoms with E-state index in [0.29, 0.717) is 17.2 Å². The number of hydrogen-bond donors (Lipinski definition) is 2. The molecule has 3 amide bonds. The van der Waals surface area contributed by atoms with E-state index in [1.807, 2.05) is 24.3 Å². The number of ether oxygens (including phenoxy) is 3. The number of rotatable bonds is 8. The van der Waals surface area contributed by atoms with E-state index in [-0.39, 0.29) is 24.4 Å². The van der Waals surface area contributed by atoms with E-state index in [2.05, 4.69) is 17.8 Å². The third-order valence-corrected chi connectivity index (χ3v) is 5.51. The number of methoxy groups -OCH3 is 3. The zero-order chi connectivity index (χ0) is 24.0. The molecule has 0 spiro atoms. The van der Waals surface area contributed by atoms with Gasteiger partial charge in [-0.2, -0.15) is 0 Å². The summed E-state index contributed by atoms with van der Waals surface area (Å²) < 4.78 is 15.7. The van der Waals surface area contributed by atoms with Crippen molar-refractivity contribution >= 4 is 23.4 Å². The normalized spacial score (nSPS) is 15.2. The summed E-state index contributed by atoms with van der Waals surface area (Å²) >= 11 is 0. The van der Waals surface area contributed by atoms with Gasteiger partial charge in [0, 0.05) is 24.2 Å². The van der Waals surface area contributed by atoms with Gasteiger partial charge in [-0.1, -0.05) is 25.5 Å². The van der Waals surface area contributed by atoms with Gasteiger partial charge in [-0.3, -0.25) is 25.2 Å². The molecule has 0 radical (unpaired) electrons. The zero-order valence-corrected chi connectivity index (χ0v) is 19.3. The second-order valence-electron chi connectivity index (χ2n) is 7.68. The summed E-state index contributed by atoms with van der Waals surface area (Å²) in [6.45, 7) is 2.36. The van der Waals surface area contributed by atoms with Gasteiger partial charge in [0.05, 0.1) is 27.2 Å². The van der Waals surface area contributed by atoms with E-state index >= 15 is 0 Å². The molecule has 176 valence electrons. The molecule has 0 aromatic heterocycles. The van der Waals surface area contributed by atoms with E-state index in [4.69, 9.17) is 14.2 Å². The first-order valence-corrected chi connectivity index (χ1v) is 10.7. The van der Waals surface area contributed by atoms with Gasteiger partial charge in [0.1, 0.15) is 0 Å². The summed E-state index contributed by atoms with van der Waals surface area (Å²) in [4.78, 5) is 39.3. The lowest BCUT2D eigenvalue weighted by Crippen LogP contribution is -2.45. The second kappa shape index (κ2) is 10.7. The van der Waals surface area contributed by atoms with Crippen molar-refractivity contribution in [2.75, 3.05) is 32.8 Å². The third kappa shape index (κ3) is 5.36. The average Bonchev–Trinajstić information content (AvgIpc) is 3.23. The number of aryl methyl sites for hydroxylation is 1. The van der Waals surface area contributed by atoms with Crippen LogP contribution in [0.4, 0.5) is 5.69 Å². The van der Waals surface area contributed by atoms with Crippen molar-refractivity contribution in [1.29, 1.82) is 0 Å². The lowest BCUT2D eigenvalue weighted by Gasteiger charge is -2.17. The highest BCUT2D eigenvalue weighted by Gasteiger charge is 2.35. The standard InChI is InChI=1S/C24H29N3O6/c1-5-6-15-7-9-18(10-8-15)27-14-17(13-21(27)28)24(30)26-25-23(29)16-11-19(31-2)22(33-4)20(12-16)32-3/h7-12,17H,5-6,13-14H2,1-4H3,(H,25,29)(H,26,30). The molecule has 2 N–H and O–H groups in total. The molecule has 1 atom stereocenters. The fourth-order valence-corrected chi connectivity index (χ4v) is 3.77. The molecule has 9 heteroatoms. The van der Waals surface area contributed by atoms with Crippen molar-refractivity contribution in [3.05, 3.63) is 47.5 Å². The quantitative estimate of drug-likeness (QED) is 0.593. The average molecular weight is 456 g/mol. The van der Waals surface area contributed by atoms with Crippen molar-refractivity contribution < 1.29 is 28.6 Å². The van der Waals surface area contributed by atoms with Crippen LogP contribution in [-0.4, -0.2) is 45.6 Å². The SMILES string of the molecule is CCCc1ccc(N2CC(C(=O)NNC(=O)c3cc(OC)c(OC)c(OC)c3)CC2=O)cc1. The minimum absolute atomic E-state index is 0.0720. The van der Waals surface area contributed by atoms with E-state index in [9.17, 15) is 14.4 Å². The van der Waals surface area contributed by atoms with E-state index < -0.39 is 17.7 Å². The zero-order valence-electron chi connectivity index (χ0n) is 19.3. The molecule has 2 aromatic carbocycles. The molecule has 3 rings (SSSR count).